The predicted molar refractivity (Wildman–Crippen MR) is 69.8 cm³/mol. The van der Waals surface area contributed by atoms with E-state index in [-0.39, 0.29) is 17.1 Å². The molecule has 1 aromatic carbocycles. The minimum atomic E-state index is -4.48. The highest BCUT2D eigenvalue weighted by Gasteiger charge is 2.37. The molecule has 1 aliphatic heterocycles. The Morgan fingerprint density at radius 2 is 1.90 bits per heavy atom. The molecule has 3 nitrogen and oxygen atoms in total. The summed E-state index contributed by atoms with van der Waals surface area (Å²) < 4.78 is 62.1. The fourth-order valence-electron chi connectivity index (χ4n) is 2.64. The number of hydrogen-bond acceptors (Lipinski definition) is 3. The molecule has 112 valence electrons. The molecule has 0 aliphatic carbocycles. The maximum atomic E-state index is 13.0. The summed E-state index contributed by atoms with van der Waals surface area (Å²) in [5, 5.41) is 0. The van der Waals surface area contributed by atoms with E-state index < -0.39 is 33.5 Å². The van der Waals surface area contributed by atoms with Crippen molar-refractivity contribution in [2.24, 2.45) is 11.7 Å². The van der Waals surface area contributed by atoms with Crippen LogP contribution in [0.5, 0.6) is 0 Å². The zero-order valence-electron chi connectivity index (χ0n) is 10.7. The predicted octanol–water partition coefficient (Wildman–Crippen LogP) is 2.53. The molecule has 0 saturated carbocycles. The van der Waals surface area contributed by atoms with Crippen molar-refractivity contribution in [2.75, 3.05) is 11.5 Å². The lowest BCUT2D eigenvalue weighted by atomic mass is 9.88. The first-order valence-corrected chi connectivity index (χ1v) is 8.15. The van der Waals surface area contributed by atoms with E-state index in [2.05, 4.69) is 0 Å². The number of benzene rings is 1. The summed E-state index contributed by atoms with van der Waals surface area (Å²) in [5.74, 6) is -0.505. The minimum Gasteiger partial charge on any atom is -0.324 e. The zero-order valence-corrected chi connectivity index (χ0v) is 11.5. The van der Waals surface area contributed by atoms with Crippen molar-refractivity contribution in [2.45, 2.75) is 25.1 Å². The molecule has 2 N–H and O–H groups in total. The minimum absolute atomic E-state index is 0.0258. The second-order valence-electron chi connectivity index (χ2n) is 5.13. The van der Waals surface area contributed by atoms with Crippen LogP contribution in [0, 0.1) is 5.92 Å². The molecule has 1 heterocycles. The molecule has 0 radical (unpaired) electrons. The molecule has 1 aromatic rings. The molecule has 2 rings (SSSR count). The average Bonchev–Trinajstić information content (AvgIpc) is 2.35. The molecule has 0 spiro atoms. The van der Waals surface area contributed by atoms with Crippen LogP contribution in [-0.4, -0.2) is 19.9 Å². The molecule has 0 amide bonds. The molecule has 1 aliphatic rings. The van der Waals surface area contributed by atoms with Crippen LogP contribution < -0.4 is 5.73 Å². The highest BCUT2D eigenvalue weighted by molar-refractivity contribution is 7.91. The Labute approximate surface area is 115 Å². The lowest BCUT2D eigenvalue weighted by Crippen LogP contribution is -2.34. The molecule has 7 heteroatoms. The molecular formula is C13H16F3NO2S. The standard InChI is InChI=1S/C13H16F3NO2S/c14-13(15,16)11-6-2-1-5-10(11)12(17)9-4-3-7-20(18,19)8-9/h1-2,5-6,9,12H,3-4,7-8,17H2. The van der Waals surface area contributed by atoms with Gasteiger partial charge in [0, 0.05) is 6.04 Å². The Morgan fingerprint density at radius 3 is 2.50 bits per heavy atom. The van der Waals surface area contributed by atoms with E-state index >= 15 is 0 Å². The zero-order chi connectivity index (χ0) is 15.0. The van der Waals surface area contributed by atoms with Gasteiger partial charge in [-0.05, 0) is 30.4 Å². The summed E-state index contributed by atoms with van der Waals surface area (Å²) >= 11 is 0. The van der Waals surface area contributed by atoms with Gasteiger partial charge in [0.15, 0.2) is 9.84 Å². The van der Waals surface area contributed by atoms with E-state index in [9.17, 15) is 21.6 Å². The van der Waals surface area contributed by atoms with E-state index in [0.717, 1.165) is 6.07 Å². The highest BCUT2D eigenvalue weighted by Crippen LogP contribution is 2.37. The summed E-state index contributed by atoms with van der Waals surface area (Å²) in [7, 11) is -3.19. The monoisotopic (exact) mass is 307 g/mol. The smallest absolute Gasteiger partial charge is 0.324 e. The highest BCUT2D eigenvalue weighted by atomic mass is 32.2. The van der Waals surface area contributed by atoms with Crippen LogP contribution in [0.3, 0.4) is 0 Å². The van der Waals surface area contributed by atoms with Crippen LogP contribution in [-0.2, 0) is 16.0 Å². The number of sulfone groups is 1. The van der Waals surface area contributed by atoms with E-state index in [1.54, 1.807) is 0 Å². The van der Waals surface area contributed by atoms with Gasteiger partial charge in [-0.15, -0.1) is 0 Å². The Bertz CT molecular complexity index is 584. The number of rotatable bonds is 2. The van der Waals surface area contributed by atoms with E-state index in [0.29, 0.717) is 12.8 Å². The number of halogens is 3. The third-order valence-electron chi connectivity index (χ3n) is 3.63. The fraction of sp³-hybridized carbons (Fsp3) is 0.538. The molecule has 20 heavy (non-hydrogen) atoms. The van der Waals surface area contributed by atoms with Crippen molar-refractivity contribution in [3.8, 4) is 0 Å². The second kappa shape index (κ2) is 5.37. The van der Waals surface area contributed by atoms with Crippen molar-refractivity contribution in [1.82, 2.24) is 0 Å². The fourth-order valence-corrected chi connectivity index (χ4v) is 4.44. The molecule has 2 atom stereocenters. The van der Waals surface area contributed by atoms with Gasteiger partial charge < -0.3 is 5.73 Å². The van der Waals surface area contributed by atoms with Gasteiger partial charge in [0.2, 0.25) is 0 Å². The van der Waals surface area contributed by atoms with Gasteiger partial charge in [0.25, 0.3) is 0 Å². The van der Waals surface area contributed by atoms with Crippen LogP contribution in [0.4, 0.5) is 13.2 Å². The maximum Gasteiger partial charge on any atom is 0.416 e. The van der Waals surface area contributed by atoms with Gasteiger partial charge >= 0.3 is 6.18 Å². The van der Waals surface area contributed by atoms with Crippen LogP contribution in [0.1, 0.15) is 30.0 Å². The third-order valence-corrected chi connectivity index (χ3v) is 5.48. The third kappa shape index (κ3) is 3.32. The maximum absolute atomic E-state index is 13.0. The molecule has 1 saturated heterocycles. The number of alkyl halides is 3. The normalized spacial score (nSPS) is 24.3. The summed E-state index contributed by atoms with van der Waals surface area (Å²) in [5.41, 5.74) is 5.12. The lowest BCUT2D eigenvalue weighted by molar-refractivity contribution is -0.138. The molecular weight excluding hydrogens is 291 g/mol. The van der Waals surface area contributed by atoms with E-state index in [4.69, 9.17) is 5.73 Å². The van der Waals surface area contributed by atoms with Gasteiger partial charge in [-0.1, -0.05) is 18.2 Å². The summed E-state index contributed by atoms with van der Waals surface area (Å²) in [6.45, 7) is 0. The first kappa shape index (κ1) is 15.3. The quantitative estimate of drug-likeness (QED) is 0.913. The lowest BCUT2D eigenvalue weighted by Gasteiger charge is -2.29. The van der Waals surface area contributed by atoms with E-state index in [1.165, 1.54) is 18.2 Å². The first-order valence-electron chi connectivity index (χ1n) is 6.33. The molecule has 0 bridgehead atoms. The van der Waals surface area contributed by atoms with Gasteiger partial charge in [-0.3, -0.25) is 0 Å². The average molecular weight is 307 g/mol. The topological polar surface area (TPSA) is 60.2 Å². The summed E-state index contributed by atoms with van der Waals surface area (Å²) in [4.78, 5) is 0. The van der Waals surface area contributed by atoms with Crippen LogP contribution in [0.25, 0.3) is 0 Å². The first-order chi connectivity index (χ1) is 9.21. The van der Waals surface area contributed by atoms with Crippen molar-refractivity contribution < 1.29 is 21.6 Å². The van der Waals surface area contributed by atoms with Crippen LogP contribution in [0.15, 0.2) is 24.3 Å². The number of hydrogen-bond donors (Lipinski definition) is 1. The Kier molecular flexibility index (Phi) is 4.11. The van der Waals surface area contributed by atoms with E-state index in [1.807, 2.05) is 0 Å². The second-order valence-corrected chi connectivity index (χ2v) is 7.36. The van der Waals surface area contributed by atoms with Gasteiger partial charge in [-0.2, -0.15) is 13.2 Å². The van der Waals surface area contributed by atoms with Gasteiger partial charge in [0.1, 0.15) is 0 Å². The van der Waals surface area contributed by atoms with Crippen molar-refractivity contribution >= 4 is 9.84 Å². The molecule has 2 unspecified atom stereocenters. The summed E-state index contributed by atoms with van der Waals surface area (Å²) in [6, 6.07) is 4.18. The SMILES string of the molecule is NC(c1ccccc1C(F)(F)F)C1CCCS(=O)(=O)C1. The Balaban J connectivity index is 2.32. The van der Waals surface area contributed by atoms with Crippen molar-refractivity contribution in [3.63, 3.8) is 0 Å². The Morgan fingerprint density at radius 1 is 1.25 bits per heavy atom. The van der Waals surface area contributed by atoms with Crippen LogP contribution >= 0.6 is 0 Å². The number of nitrogens with two attached hydrogens (primary N) is 1. The largest absolute Gasteiger partial charge is 0.416 e. The van der Waals surface area contributed by atoms with Gasteiger partial charge in [-0.25, -0.2) is 8.42 Å². The summed E-state index contributed by atoms with van der Waals surface area (Å²) in [6.07, 6.45) is -3.50. The van der Waals surface area contributed by atoms with Crippen LogP contribution in [0.2, 0.25) is 0 Å². The Hall–Kier alpha value is -1.08. The van der Waals surface area contributed by atoms with Gasteiger partial charge in [0.05, 0.1) is 17.1 Å². The molecule has 1 fully saturated rings. The van der Waals surface area contributed by atoms with Crippen molar-refractivity contribution in [3.05, 3.63) is 35.4 Å². The van der Waals surface area contributed by atoms with Crippen molar-refractivity contribution in [1.29, 1.82) is 0 Å². The molecule has 0 aromatic heterocycles.